The summed E-state index contributed by atoms with van der Waals surface area (Å²) >= 11 is 1.46. The van der Waals surface area contributed by atoms with Gasteiger partial charge in [0.2, 0.25) is 0 Å². The second-order valence-electron chi connectivity index (χ2n) is 5.35. The average Bonchev–Trinajstić information content (AvgIpc) is 3.20. The maximum absolute atomic E-state index is 12.6. The highest BCUT2D eigenvalue weighted by Crippen LogP contribution is 2.27. The van der Waals surface area contributed by atoms with Gasteiger partial charge in [-0.15, -0.1) is 11.3 Å². The van der Waals surface area contributed by atoms with Crippen LogP contribution in [0.5, 0.6) is 11.5 Å². The third kappa shape index (κ3) is 5.83. The van der Waals surface area contributed by atoms with Gasteiger partial charge in [0.1, 0.15) is 5.70 Å². The Morgan fingerprint density at radius 3 is 2.52 bits per heavy atom. The molecular formula is C19H22N2O5S. The number of carbonyl (C=O) groups is 2. The highest BCUT2D eigenvalue weighted by Gasteiger charge is 2.16. The summed E-state index contributed by atoms with van der Waals surface area (Å²) in [5.41, 5.74) is 0.489. The number of methoxy groups -OCH3 is 3. The van der Waals surface area contributed by atoms with Gasteiger partial charge in [-0.3, -0.25) is 9.59 Å². The Kier molecular flexibility index (Phi) is 7.84. The van der Waals surface area contributed by atoms with Gasteiger partial charge in [0.15, 0.2) is 11.5 Å². The van der Waals surface area contributed by atoms with Crippen LogP contribution in [0.4, 0.5) is 0 Å². The minimum Gasteiger partial charge on any atom is -0.493 e. The summed E-state index contributed by atoms with van der Waals surface area (Å²) in [5.74, 6) is 0.120. The molecule has 0 bridgehead atoms. The van der Waals surface area contributed by atoms with Gasteiger partial charge in [-0.2, -0.15) is 0 Å². The van der Waals surface area contributed by atoms with Crippen LogP contribution < -0.4 is 20.1 Å². The van der Waals surface area contributed by atoms with Crippen LogP contribution in [0.3, 0.4) is 0 Å². The first-order valence-corrected chi connectivity index (χ1v) is 9.02. The third-order valence-electron chi connectivity index (χ3n) is 3.56. The van der Waals surface area contributed by atoms with Crippen LogP contribution in [-0.4, -0.2) is 46.3 Å². The van der Waals surface area contributed by atoms with Crippen LogP contribution in [0.1, 0.15) is 15.2 Å². The van der Waals surface area contributed by atoms with E-state index in [2.05, 4.69) is 10.6 Å². The normalized spacial score (nSPS) is 11.0. The van der Waals surface area contributed by atoms with E-state index in [1.165, 1.54) is 25.6 Å². The van der Waals surface area contributed by atoms with Crippen molar-refractivity contribution < 1.29 is 23.8 Å². The number of hydrogen-bond acceptors (Lipinski definition) is 6. The molecule has 0 fully saturated rings. The van der Waals surface area contributed by atoms with Gasteiger partial charge < -0.3 is 24.8 Å². The Labute approximate surface area is 161 Å². The van der Waals surface area contributed by atoms with Crippen molar-refractivity contribution in [1.82, 2.24) is 10.6 Å². The highest BCUT2D eigenvalue weighted by atomic mass is 32.1. The maximum atomic E-state index is 12.6. The molecular weight excluding hydrogens is 368 g/mol. The van der Waals surface area contributed by atoms with Crippen molar-refractivity contribution in [3.05, 3.63) is 51.8 Å². The number of rotatable bonds is 9. The van der Waals surface area contributed by atoms with Gasteiger partial charge in [-0.25, -0.2) is 0 Å². The molecule has 0 saturated carbocycles. The van der Waals surface area contributed by atoms with Gasteiger partial charge in [0, 0.05) is 24.1 Å². The molecule has 8 heteroatoms. The fourth-order valence-electron chi connectivity index (χ4n) is 2.21. The van der Waals surface area contributed by atoms with Crippen LogP contribution >= 0.6 is 11.3 Å². The fourth-order valence-corrected chi connectivity index (χ4v) is 2.87. The molecule has 2 N–H and O–H groups in total. The first-order valence-electron chi connectivity index (χ1n) is 8.14. The van der Waals surface area contributed by atoms with Crippen molar-refractivity contribution in [2.75, 3.05) is 34.5 Å². The Hall–Kier alpha value is -2.84. The lowest BCUT2D eigenvalue weighted by Gasteiger charge is -2.12. The quantitative estimate of drug-likeness (QED) is 0.507. The predicted octanol–water partition coefficient (Wildman–Crippen LogP) is 2.30. The Balaban J connectivity index is 2.21. The molecule has 27 heavy (non-hydrogen) atoms. The molecule has 0 aliphatic heterocycles. The molecule has 0 unspecified atom stereocenters. The Morgan fingerprint density at radius 2 is 1.89 bits per heavy atom. The van der Waals surface area contributed by atoms with E-state index >= 15 is 0 Å². The maximum Gasteiger partial charge on any atom is 0.267 e. The lowest BCUT2D eigenvalue weighted by atomic mass is 10.1. The second kappa shape index (κ2) is 10.3. The summed E-state index contributed by atoms with van der Waals surface area (Å²) in [6.45, 7) is 0.713. The summed E-state index contributed by atoms with van der Waals surface area (Å²) in [5, 5.41) is 7.26. The van der Waals surface area contributed by atoms with Crippen molar-refractivity contribution in [2.45, 2.75) is 0 Å². The van der Waals surface area contributed by atoms with Crippen LogP contribution in [0.25, 0.3) is 6.08 Å². The number of amides is 2. The Bertz CT molecular complexity index is 802. The standard InChI is InChI=1S/C19H22N2O5S/c1-24-9-8-20-19(23)15(12-14-5-4-10-27-14)21-18(22)13-6-7-16(25-2)17(11-13)26-3/h4-7,10-12H,8-9H2,1-3H3,(H,20,23)(H,21,22)/b15-12-. The van der Waals surface area contributed by atoms with Gasteiger partial charge in [-0.1, -0.05) is 6.07 Å². The molecule has 0 aliphatic rings. The van der Waals surface area contributed by atoms with E-state index in [4.69, 9.17) is 14.2 Å². The zero-order valence-electron chi connectivity index (χ0n) is 15.4. The van der Waals surface area contributed by atoms with E-state index in [0.717, 1.165) is 4.88 Å². The molecule has 2 amide bonds. The lowest BCUT2D eigenvalue weighted by molar-refractivity contribution is -0.117. The SMILES string of the molecule is COCCNC(=O)/C(=C/c1cccs1)NC(=O)c1ccc(OC)c(OC)c1. The van der Waals surface area contributed by atoms with E-state index < -0.39 is 11.8 Å². The van der Waals surface area contributed by atoms with E-state index in [1.54, 1.807) is 31.4 Å². The van der Waals surface area contributed by atoms with Gasteiger partial charge in [0.05, 0.1) is 20.8 Å². The first-order chi connectivity index (χ1) is 13.1. The molecule has 0 radical (unpaired) electrons. The molecule has 1 aromatic heterocycles. The molecule has 0 atom stereocenters. The number of hydrogen-bond donors (Lipinski definition) is 2. The van der Waals surface area contributed by atoms with Crippen LogP contribution in [-0.2, 0) is 9.53 Å². The predicted molar refractivity (Wildman–Crippen MR) is 104 cm³/mol. The molecule has 0 spiro atoms. The summed E-state index contributed by atoms with van der Waals surface area (Å²) < 4.78 is 15.3. The van der Waals surface area contributed by atoms with E-state index in [9.17, 15) is 9.59 Å². The molecule has 0 aliphatic carbocycles. The number of nitrogens with one attached hydrogen (secondary N) is 2. The topological polar surface area (TPSA) is 85.9 Å². The van der Waals surface area contributed by atoms with Crippen molar-refractivity contribution in [3.63, 3.8) is 0 Å². The van der Waals surface area contributed by atoms with E-state index in [0.29, 0.717) is 30.2 Å². The van der Waals surface area contributed by atoms with Crippen molar-refractivity contribution in [2.24, 2.45) is 0 Å². The summed E-state index contributed by atoms with van der Waals surface area (Å²) in [6.07, 6.45) is 1.63. The molecule has 7 nitrogen and oxygen atoms in total. The fraction of sp³-hybridized carbons (Fsp3) is 0.263. The number of benzene rings is 1. The van der Waals surface area contributed by atoms with Crippen molar-refractivity contribution >= 4 is 29.2 Å². The number of thiophene rings is 1. The zero-order valence-corrected chi connectivity index (χ0v) is 16.2. The molecule has 1 aromatic carbocycles. The minimum absolute atomic E-state index is 0.147. The van der Waals surface area contributed by atoms with E-state index in [-0.39, 0.29) is 5.70 Å². The second-order valence-corrected chi connectivity index (χ2v) is 6.33. The monoisotopic (exact) mass is 390 g/mol. The van der Waals surface area contributed by atoms with Crippen LogP contribution in [0.15, 0.2) is 41.4 Å². The van der Waals surface area contributed by atoms with Gasteiger partial charge in [0.25, 0.3) is 11.8 Å². The molecule has 2 rings (SSSR count). The summed E-state index contributed by atoms with van der Waals surface area (Å²) in [7, 11) is 4.56. The lowest BCUT2D eigenvalue weighted by Crippen LogP contribution is -2.36. The summed E-state index contributed by atoms with van der Waals surface area (Å²) in [6, 6.07) is 8.51. The van der Waals surface area contributed by atoms with Crippen molar-refractivity contribution in [3.8, 4) is 11.5 Å². The minimum atomic E-state index is -0.430. The number of carbonyl (C=O) groups excluding carboxylic acids is 2. The van der Waals surface area contributed by atoms with Crippen LogP contribution in [0, 0.1) is 0 Å². The third-order valence-corrected chi connectivity index (χ3v) is 4.38. The van der Waals surface area contributed by atoms with Gasteiger partial charge in [-0.05, 0) is 35.7 Å². The summed E-state index contributed by atoms with van der Waals surface area (Å²) in [4.78, 5) is 25.9. The first kappa shape index (κ1) is 20.5. The van der Waals surface area contributed by atoms with Crippen LogP contribution in [0.2, 0.25) is 0 Å². The zero-order chi connectivity index (χ0) is 19.6. The van der Waals surface area contributed by atoms with Gasteiger partial charge >= 0.3 is 0 Å². The van der Waals surface area contributed by atoms with Crippen molar-refractivity contribution in [1.29, 1.82) is 0 Å². The highest BCUT2D eigenvalue weighted by molar-refractivity contribution is 7.10. The largest absolute Gasteiger partial charge is 0.493 e. The molecule has 144 valence electrons. The smallest absolute Gasteiger partial charge is 0.267 e. The molecule has 1 heterocycles. The molecule has 0 saturated heterocycles. The average molecular weight is 390 g/mol. The number of ether oxygens (including phenoxy) is 3. The Morgan fingerprint density at radius 1 is 1.11 bits per heavy atom. The van der Waals surface area contributed by atoms with E-state index in [1.807, 2.05) is 17.5 Å². The molecule has 2 aromatic rings.